The minimum Gasteiger partial charge on any atom is -0.449 e. The first-order valence-electron chi connectivity index (χ1n) is 15.4. The molecule has 0 bridgehead atoms. The summed E-state index contributed by atoms with van der Waals surface area (Å²) in [5.41, 5.74) is 5.56. The highest BCUT2D eigenvalue weighted by Crippen LogP contribution is 2.31. The smallest absolute Gasteiger partial charge is 0.411 e. The van der Waals surface area contributed by atoms with Crippen molar-refractivity contribution >= 4 is 39.7 Å². The lowest BCUT2D eigenvalue weighted by molar-refractivity contribution is 0.107. The monoisotopic (exact) mass is 596 g/mol. The van der Waals surface area contributed by atoms with E-state index in [9.17, 15) is 4.79 Å². The first-order chi connectivity index (χ1) is 21.6. The van der Waals surface area contributed by atoms with Crippen LogP contribution >= 0.6 is 0 Å². The van der Waals surface area contributed by atoms with Crippen LogP contribution in [0.3, 0.4) is 0 Å². The van der Waals surface area contributed by atoms with Crippen molar-refractivity contribution in [2.45, 2.75) is 39.2 Å². The van der Waals surface area contributed by atoms with Gasteiger partial charge in [-0.15, -0.1) is 0 Å². The number of piperidine rings is 1. The number of amides is 1. The molecule has 1 aliphatic heterocycles. The molecule has 0 spiro atoms. The number of carbonyl (C=O) groups excluding carboxylic acids is 1. The lowest BCUT2D eigenvalue weighted by atomic mass is 9.94. The molecular weight excluding hydrogens is 556 g/mol. The number of likely N-dealkylation sites (tertiary alicyclic amines) is 1. The van der Waals surface area contributed by atoms with Crippen molar-refractivity contribution in [3.63, 3.8) is 0 Å². The van der Waals surface area contributed by atoms with E-state index in [1.807, 2.05) is 41.3 Å². The van der Waals surface area contributed by atoms with Gasteiger partial charge in [-0.05, 0) is 68.5 Å². The molecule has 0 radical (unpaired) electrons. The molecule has 44 heavy (non-hydrogen) atoms. The van der Waals surface area contributed by atoms with Gasteiger partial charge in [0.1, 0.15) is 11.8 Å². The first kappa shape index (κ1) is 29.6. The van der Waals surface area contributed by atoms with Crippen molar-refractivity contribution in [1.82, 2.24) is 29.3 Å². The Hall–Kier alpha value is -4.48. The molecule has 5 aromatic rings. The van der Waals surface area contributed by atoms with E-state index in [1.54, 1.807) is 11.6 Å². The van der Waals surface area contributed by atoms with Crippen LogP contribution in [0.25, 0.3) is 16.4 Å². The second kappa shape index (κ2) is 13.9. The maximum Gasteiger partial charge on any atom is 0.411 e. The summed E-state index contributed by atoms with van der Waals surface area (Å²) in [5.74, 6) is 1.23. The zero-order valence-electron chi connectivity index (χ0n) is 25.4. The van der Waals surface area contributed by atoms with Gasteiger partial charge in [0.25, 0.3) is 0 Å². The Balaban J connectivity index is 1.09. The fourth-order valence-corrected chi connectivity index (χ4v) is 6.00. The molecule has 11 nitrogen and oxygen atoms in total. The SMILES string of the molecule is CCc1c(NC(=O)OCCC2CCN(CCOC)CC2)cn2ncnc(Nc3ccc4c(cnn4Cc4ccccc4)c3)c12. The summed E-state index contributed by atoms with van der Waals surface area (Å²) in [6, 6.07) is 16.5. The van der Waals surface area contributed by atoms with Crippen LogP contribution in [0.15, 0.2) is 67.3 Å². The van der Waals surface area contributed by atoms with E-state index in [4.69, 9.17) is 9.47 Å². The van der Waals surface area contributed by atoms with Gasteiger partial charge in [0.15, 0.2) is 5.82 Å². The van der Waals surface area contributed by atoms with E-state index in [-0.39, 0.29) is 0 Å². The third kappa shape index (κ3) is 6.84. The van der Waals surface area contributed by atoms with Gasteiger partial charge in [0, 0.05) is 30.3 Å². The second-order valence-electron chi connectivity index (χ2n) is 11.3. The third-order valence-electron chi connectivity index (χ3n) is 8.43. The van der Waals surface area contributed by atoms with Crippen LogP contribution in [0.5, 0.6) is 0 Å². The molecule has 11 heteroatoms. The normalized spacial score (nSPS) is 14.3. The quantitative estimate of drug-likeness (QED) is 0.188. The Kier molecular flexibility index (Phi) is 9.33. The van der Waals surface area contributed by atoms with Gasteiger partial charge < -0.3 is 19.7 Å². The largest absolute Gasteiger partial charge is 0.449 e. The number of ether oxygens (including phenoxy) is 2. The molecule has 0 unspecified atom stereocenters. The van der Waals surface area contributed by atoms with Crippen LogP contribution in [0, 0.1) is 5.92 Å². The van der Waals surface area contributed by atoms with Crippen molar-refractivity contribution in [2.24, 2.45) is 5.92 Å². The number of nitrogens with one attached hydrogen (secondary N) is 2. The molecule has 0 aliphatic carbocycles. The summed E-state index contributed by atoms with van der Waals surface area (Å²) in [5, 5.41) is 16.5. The maximum absolute atomic E-state index is 12.8. The Morgan fingerprint density at radius 1 is 1.07 bits per heavy atom. The predicted octanol–water partition coefficient (Wildman–Crippen LogP) is 5.73. The number of nitrogens with zero attached hydrogens (tertiary/aromatic N) is 6. The molecule has 1 aliphatic rings. The van der Waals surface area contributed by atoms with E-state index in [0.29, 0.717) is 37.0 Å². The highest BCUT2D eigenvalue weighted by molar-refractivity contribution is 5.91. The molecule has 0 atom stereocenters. The zero-order chi connectivity index (χ0) is 30.3. The molecule has 6 rings (SSSR count). The predicted molar refractivity (Wildman–Crippen MR) is 172 cm³/mol. The standard InChI is InChI=1S/C33H40N8O3/c1-3-28-29(38-33(42)44-17-13-24-11-14-39(15-12-24)16-18-43-2)22-41-31(28)32(34-23-36-41)37-27-9-10-30-26(19-27)20-35-40(30)21-25-7-5-4-6-8-25/h4-10,19-20,22-24H,3,11-18,21H2,1-2H3,(H,38,42)(H,34,36,37). The van der Waals surface area contributed by atoms with Crippen molar-refractivity contribution in [3.8, 4) is 0 Å². The highest BCUT2D eigenvalue weighted by Gasteiger charge is 2.20. The summed E-state index contributed by atoms with van der Waals surface area (Å²) in [6.45, 7) is 7.05. The minimum atomic E-state index is -0.450. The molecule has 2 N–H and O–H groups in total. The third-order valence-corrected chi connectivity index (χ3v) is 8.43. The lowest BCUT2D eigenvalue weighted by Crippen LogP contribution is -2.36. The Bertz CT molecular complexity index is 1690. The van der Waals surface area contributed by atoms with E-state index in [0.717, 1.165) is 73.2 Å². The van der Waals surface area contributed by atoms with Gasteiger partial charge in [-0.1, -0.05) is 37.3 Å². The highest BCUT2D eigenvalue weighted by atomic mass is 16.5. The van der Waals surface area contributed by atoms with E-state index in [1.165, 1.54) is 11.9 Å². The topological polar surface area (TPSA) is 111 Å². The molecule has 230 valence electrons. The number of fused-ring (bicyclic) bond motifs is 2. The van der Waals surface area contributed by atoms with Gasteiger partial charge in [-0.3, -0.25) is 10.00 Å². The fourth-order valence-electron chi connectivity index (χ4n) is 6.00. The number of carbonyl (C=O) groups is 1. The molecule has 4 heterocycles. The number of rotatable bonds is 12. The Morgan fingerprint density at radius 2 is 1.91 bits per heavy atom. The average molecular weight is 597 g/mol. The number of benzene rings is 2. The molecule has 3 aromatic heterocycles. The van der Waals surface area contributed by atoms with Crippen LogP contribution < -0.4 is 10.6 Å². The molecule has 0 saturated carbocycles. The fraction of sp³-hybridized carbons (Fsp3) is 0.394. The van der Waals surface area contributed by atoms with Crippen molar-refractivity contribution in [3.05, 3.63) is 78.4 Å². The van der Waals surface area contributed by atoms with E-state index < -0.39 is 6.09 Å². The number of anilines is 3. The zero-order valence-corrected chi connectivity index (χ0v) is 25.4. The van der Waals surface area contributed by atoms with E-state index >= 15 is 0 Å². The van der Waals surface area contributed by atoms with Crippen LogP contribution in [0.4, 0.5) is 22.0 Å². The summed E-state index contributed by atoms with van der Waals surface area (Å²) >= 11 is 0. The number of aromatic nitrogens is 5. The summed E-state index contributed by atoms with van der Waals surface area (Å²) in [7, 11) is 1.74. The number of methoxy groups -OCH3 is 1. The summed E-state index contributed by atoms with van der Waals surface area (Å²) < 4.78 is 14.5. The summed E-state index contributed by atoms with van der Waals surface area (Å²) in [6.07, 6.45) is 8.55. The molecule has 2 aromatic carbocycles. The van der Waals surface area contributed by atoms with Crippen LogP contribution in [0.1, 0.15) is 37.3 Å². The number of hydrogen-bond donors (Lipinski definition) is 2. The molecular formula is C33H40N8O3. The number of hydrogen-bond acceptors (Lipinski definition) is 8. The van der Waals surface area contributed by atoms with Crippen molar-refractivity contribution < 1.29 is 14.3 Å². The van der Waals surface area contributed by atoms with E-state index in [2.05, 4.69) is 61.9 Å². The van der Waals surface area contributed by atoms with Crippen LogP contribution in [-0.2, 0) is 22.4 Å². The average Bonchev–Trinajstić information content (AvgIpc) is 3.61. The minimum absolute atomic E-state index is 0.403. The number of aryl methyl sites for hydroxylation is 1. The van der Waals surface area contributed by atoms with Gasteiger partial charge >= 0.3 is 6.09 Å². The second-order valence-corrected chi connectivity index (χ2v) is 11.3. The van der Waals surface area contributed by atoms with Crippen molar-refractivity contribution in [2.75, 3.05) is 50.6 Å². The van der Waals surface area contributed by atoms with Gasteiger partial charge in [-0.2, -0.15) is 10.2 Å². The maximum atomic E-state index is 12.8. The first-order valence-corrected chi connectivity index (χ1v) is 15.4. The van der Waals surface area contributed by atoms with Crippen LogP contribution in [0.2, 0.25) is 0 Å². The molecule has 1 saturated heterocycles. The van der Waals surface area contributed by atoms with Gasteiger partial charge in [0.2, 0.25) is 0 Å². The van der Waals surface area contributed by atoms with Gasteiger partial charge in [-0.25, -0.2) is 14.3 Å². The Labute approximate surface area is 257 Å². The molecule has 1 amide bonds. The van der Waals surface area contributed by atoms with Gasteiger partial charge in [0.05, 0.1) is 43.4 Å². The lowest BCUT2D eigenvalue weighted by Gasteiger charge is -2.31. The molecule has 1 fully saturated rings. The van der Waals surface area contributed by atoms with Crippen molar-refractivity contribution in [1.29, 1.82) is 0 Å². The Morgan fingerprint density at radius 3 is 2.70 bits per heavy atom. The van der Waals surface area contributed by atoms with Crippen LogP contribution in [-0.4, -0.2) is 75.3 Å². The summed E-state index contributed by atoms with van der Waals surface area (Å²) in [4.78, 5) is 19.7.